The van der Waals surface area contributed by atoms with Crippen LogP contribution in [0.25, 0.3) is 11.1 Å². The Balaban J connectivity index is 1.62. The number of carbonyl (C=O) groups excluding carboxylic acids is 1. The van der Waals surface area contributed by atoms with Crippen molar-refractivity contribution in [1.82, 2.24) is 4.90 Å². The van der Waals surface area contributed by atoms with Crippen molar-refractivity contribution in [3.05, 3.63) is 95.8 Å². The summed E-state index contributed by atoms with van der Waals surface area (Å²) in [6.07, 6.45) is 0.334. The van der Waals surface area contributed by atoms with E-state index in [9.17, 15) is 9.18 Å². The molecule has 0 unspecified atom stereocenters. The largest absolute Gasteiger partial charge is 0.341 e. The lowest BCUT2D eigenvalue weighted by Gasteiger charge is -2.17. The minimum Gasteiger partial charge on any atom is -0.341 e. The number of nitrogens with zero attached hydrogens (tertiary/aromatic N) is 1. The van der Waals surface area contributed by atoms with Gasteiger partial charge in [0.15, 0.2) is 0 Å². The van der Waals surface area contributed by atoms with Crippen molar-refractivity contribution in [3.63, 3.8) is 0 Å². The van der Waals surface area contributed by atoms with E-state index in [1.54, 1.807) is 18.0 Å². The Labute approximate surface area is 147 Å². The van der Waals surface area contributed by atoms with E-state index >= 15 is 0 Å². The highest BCUT2D eigenvalue weighted by molar-refractivity contribution is 5.78. The zero-order chi connectivity index (χ0) is 17.6. The third kappa shape index (κ3) is 4.54. The van der Waals surface area contributed by atoms with Gasteiger partial charge in [-0.2, -0.15) is 0 Å². The first kappa shape index (κ1) is 16.9. The molecule has 0 aromatic heterocycles. The van der Waals surface area contributed by atoms with Crippen molar-refractivity contribution in [2.45, 2.75) is 13.0 Å². The predicted molar refractivity (Wildman–Crippen MR) is 98.5 cm³/mol. The minimum atomic E-state index is -0.283. The molecule has 0 aliphatic carbocycles. The first-order chi connectivity index (χ1) is 12.1. The summed E-state index contributed by atoms with van der Waals surface area (Å²) in [5, 5.41) is 0. The first-order valence-electron chi connectivity index (χ1n) is 8.24. The van der Waals surface area contributed by atoms with Crippen LogP contribution in [0.15, 0.2) is 78.9 Å². The average Bonchev–Trinajstić information content (AvgIpc) is 2.63. The summed E-state index contributed by atoms with van der Waals surface area (Å²) in [5.41, 5.74) is 4.04. The molecule has 1 amide bonds. The Morgan fingerprint density at radius 3 is 2.20 bits per heavy atom. The number of rotatable bonds is 5. The molecule has 0 aliphatic heterocycles. The molecule has 3 heteroatoms. The van der Waals surface area contributed by atoms with Crippen LogP contribution < -0.4 is 0 Å². The van der Waals surface area contributed by atoms with Gasteiger partial charge in [-0.1, -0.05) is 66.7 Å². The van der Waals surface area contributed by atoms with E-state index in [0.29, 0.717) is 13.0 Å². The highest BCUT2D eigenvalue weighted by atomic mass is 19.1. The monoisotopic (exact) mass is 333 g/mol. The number of hydrogen-bond acceptors (Lipinski definition) is 1. The van der Waals surface area contributed by atoms with Crippen LogP contribution in [-0.4, -0.2) is 17.9 Å². The number of carbonyl (C=O) groups is 1. The summed E-state index contributed by atoms with van der Waals surface area (Å²) in [6.45, 7) is 0.401. The third-order valence-electron chi connectivity index (χ3n) is 4.15. The summed E-state index contributed by atoms with van der Waals surface area (Å²) >= 11 is 0. The topological polar surface area (TPSA) is 20.3 Å². The summed E-state index contributed by atoms with van der Waals surface area (Å²) in [7, 11) is 1.74. The van der Waals surface area contributed by atoms with Crippen LogP contribution in [-0.2, 0) is 17.8 Å². The van der Waals surface area contributed by atoms with Gasteiger partial charge in [0.1, 0.15) is 5.82 Å². The van der Waals surface area contributed by atoms with E-state index in [1.165, 1.54) is 12.1 Å². The van der Waals surface area contributed by atoms with Gasteiger partial charge in [0.05, 0.1) is 6.42 Å². The van der Waals surface area contributed by atoms with Crippen LogP contribution in [0.3, 0.4) is 0 Å². The zero-order valence-electron chi connectivity index (χ0n) is 14.2. The second-order valence-corrected chi connectivity index (χ2v) is 6.12. The highest BCUT2D eigenvalue weighted by Gasteiger charge is 2.11. The van der Waals surface area contributed by atoms with Crippen LogP contribution in [0.4, 0.5) is 4.39 Å². The molecule has 0 saturated carbocycles. The van der Waals surface area contributed by atoms with Gasteiger partial charge >= 0.3 is 0 Å². The average molecular weight is 333 g/mol. The second kappa shape index (κ2) is 7.75. The predicted octanol–water partition coefficient (Wildman–Crippen LogP) is 4.69. The molecule has 0 saturated heterocycles. The Morgan fingerprint density at radius 1 is 0.840 bits per heavy atom. The van der Waals surface area contributed by atoms with Gasteiger partial charge in [0, 0.05) is 13.6 Å². The number of benzene rings is 3. The number of amides is 1. The fourth-order valence-corrected chi connectivity index (χ4v) is 2.75. The van der Waals surface area contributed by atoms with Crippen LogP contribution in [0, 0.1) is 5.82 Å². The summed E-state index contributed by atoms with van der Waals surface area (Å²) in [4.78, 5) is 14.0. The highest BCUT2D eigenvalue weighted by Crippen LogP contribution is 2.19. The maximum atomic E-state index is 13.2. The molecule has 0 atom stereocenters. The molecule has 0 N–H and O–H groups in total. The number of halogens is 1. The van der Waals surface area contributed by atoms with Gasteiger partial charge in [-0.15, -0.1) is 0 Å². The Hall–Kier alpha value is -2.94. The number of hydrogen-bond donors (Lipinski definition) is 0. The molecule has 3 aromatic rings. The molecule has 0 aliphatic rings. The van der Waals surface area contributed by atoms with Crippen LogP contribution in [0.5, 0.6) is 0 Å². The Kier molecular flexibility index (Phi) is 5.24. The molecule has 3 aromatic carbocycles. The molecule has 0 radical (unpaired) electrons. The van der Waals surface area contributed by atoms with Crippen molar-refractivity contribution in [2.24, 2.45) is 0 Å². The Morgan fingerprint density at radius 2 is 1.52 bits per heavy atom. The quantitative estimate of drug-likeness (QED) is 0.663. The summed E-state index contributed by atoms with van der Waals surface area (Å²) in [5.74, 6) is -0.272. The summed E-state index contributed by atoms with van der Waals surface area (Å²) in [6, 6.07) is 24.5. The van der Waals surface area contributed by atoms with Crippen LogP contribution in [0.2, 0.25) is 0 Å². The van der Waals surface area contributed by atoms with Gasteiger partial charge in [-0.3, -0.25) is 4.79 Å². The molecule has 0 bridgehead atoms. The van der Waals surface area contributed by atoms with Gasteiger partial charge < -0.3 is 4.90 Å². The van der Waals surface area contributed by atoms with E-state index < -0.39 is 0 Å². The molecule has 25 heavy (non-hydrogen) atoms. The maximum absolute atomic E-state index is 13.2. The lowest BCUT2D eigenvalue weighted by Crippen LogP contribution is -2.27. The van der Waals surface area contributed by atoms with E-state index in [4.69, 9.17) is 0 Å². The first-order valence-corrected chi connectivity index (χ1v) is 8.24. The molecule has 2 nitrogen and oxygen atoms in total. The normalized spacial score (nSPS) is 10.5. The Bertz CT molecular complexity index is 843. The summed E-state index contributed by atoms with van der Waals surface area (Å²) < 4.78 is 13.2. The van der Waals surface area contributed by atoms with Crippen molar-refractivity contribution < 1.29 is 9.18 Å². The molecular formula is C22H20FNO. The number of likely N-dealkylation sites (N-methyl/N-ethyl adjacent to an activating group) is 1. The second-order valence-electron chi connectivity index (χ2n) is 6.12. The smallest absolute Gasteiger partial charge is 0.227 e. The van der Waals surface area contributed by atoms with Crippen molar-refractivity contribution in [3.8, 4) is 11.1 Å². The lowest BCUT2D eigenvalue weighted by molar-refractivity contribution is -0.129. The van der Waals surface area contributed by atoms with Gasteiger partial charge in [-0.05, 0) is 34.4 Å². The van der Waals surface area contributed by atoms with Gasteiger partial charge in [0.2, 0.25) is 5.91 Å². The van der Waals surface area contributed by atoms with E-state index in [0.717, 1.165) is 22.3 Å². The van der Waals surface area contributed by atoms with Gasteiger partial charge in [-0.25, -0.2) is 4.39 Å². The van der Waals surface area contributed by atoms with Gasteiger partial charge in [0.25, 0.3) is 0 Å². The molecule has 0 fully saturated rings. The fraction of sp³-hybridized carbons (Fsp3) is 0.136. The van der Waals surface area contributed by atoms with Crippen molar-refractivity contribution in [2.75, 3.05) is 7.05 Å². The van der Waals surface area contributed by atoms with Crippen molar-refractivity contribution in [1.29, 1.82) is 0 Å². The third-order valence-corrected chi connectivity index (χ3v) is 4.15. The molecule has 3 rings (SSSR count). The zero-order valence-corrected chi connectivity index (χ0v) is 14.2. The van der Waals surface area contributed by atoms with E-state index in [-0.39, 0.29) is 11.7 Å². The van der Waals surface area contributed by atoms with E-state index in [1.807, 2.05) is 48.5 Å². The lowest BCUT2D eigenvalue weighted by atomic mass is 10.0. The SMILES string of the molecule is CN(Cc1cccc(F)c1)C(=O)Cc1ccc(-c2ccccc2)cc1. The molecular weight excluding hydrogens is 313 g/mol. The van der Waals surface area contributed by atoms with Crippen LogP contribution in [0.1, 0.15) is 11.1 Å². The molecule has 126 valence electrons. The maximum Gasteiger partial charge on any atom is 0.227 e. The fourth-order valence-electron chi connectivity index (χ4n) is 2.75. The molecule has 0 heterocycles. The van der Waals surface area contributed by atoms with Crippen LogP contribution >= 0.6 is 0 Å². The van der Waals surface area contributed by atoms with E-state index in [2.05, 4.69) is 12.1 Å². The standard InChI is InChI=1S/C22H20FNO/c1-24(16-18-6-5-9-21(23)14-18)22(25)15-17-10-12-20(13-11-17)19-7-3-2-4-8-19/h2-14H,15-16H2,1H3. The minimum absolute atomic E-state index is 0.0109. The molecule has 0 spiro atoms. The van der Waals surface area contributed by atoms with Crippen molar-refractivity contribution >= 4 is 5.91 Å².